The average molecular weight is 417 g/mol. The van der Waals surface area contributed by atoms with Crippen molar-refractivity contribution < 1.29 is 0 Å². The lowest BCUT2D eigenvalue weighted by Gasteiger charge is -2.13. The van der Waals surface area contributed by atoms with Gasteiger partial charge in [0.1, 0.15) is 22.8 Å². The van der Waals surface area contributed by atoms with Crippen molar-refractivity contribution in [3.8, 4) is 11.4 Å². The van der Waals surface area contributed by atoms with Crippen LogP contribution in [0.2, 0.25) is 0 Å². The van der Waals surface area contributed by atoms with Crippen LogP contribution in [-0.4, -0.2) is 24.7 Å². The first-order valence-corrected chi connectivity index (χ1v) is 11.7. The smallest absolute Gasteiger partial charge is 0.163 e. The molecule has 0 radical (unpaired) electrons. The van der Waals surface area contributed by atoms with Gasteiger partial charge in [-0.2, -0.15) is 0 Å². The Bertz CT molecular complexity index is 1210. The van der Waals surface area contributed by atoms with E-state index in [9.17, 15) is 0 Å². The summed E-state index contributed by atoms with van der Waals surface area (Å²) in [5.74, 6) is 3.02. The van der Waals surface area contributed by atoms with Crippen LogP contribution in [0.25, 0.3) is 21.6 Å². The number of nitrogens with one attached hydrogen (secondary N) is 1. The highest BCUT2D eigenvalue weighted by molar-refractivity contribution is 7.19. The van der Waals surface area contributed by atoms with E-state index in [4.69, 9.17) is 0 Å². The van der Waals surface area contributed by atoms with Crippen LogP contribution < -0.4 is 5.32 Å². The molecular weight excluding hydrogens is 392 g/mol. The summed E-state index contributed by atoms with van der Waals surface area (Å²) in [7, 11) is 0. The maximum atomic E-state index is 4.58. The number of rotatable bonds is 3. The Morgan fingerprint density at radius 1 is 0.867 bits per heavy atom. The van der Waals surface area contributed by atoms with Crippen LogP contribution >= 0.6 is 11.3 Å². The molecule has 0 saturated carbocycles. The summed E-state index contributed by atoms with van der Waals surface area (Å²) in [6.45, 7) is 1.01. The number of nitrogens with zero attached hydrogens (tertiary/aromatic N) is 5. The summed E-state index contributed by atoms with van der Waals surface area (Å²) in [6, 6.07) is 8.48. The van der Waals surface area contributed by atoms with Gasteiger partial charge < -0.3 is 9.88 Å². The third-order valence-corrected chi connectivity index (χ3v) is 7.47. The van der Waals surface area contributed by atoms with E-state index in [2.05, 4.69) is 54.3 Å². The number of anilines is 2. The molecule has 152 valence electrons. The summed E-state index contributed by atoms with van der Waals surface area (Å²) in [6.07, 6.45) is 11.2. The Morgan fingerprint density at radius 2 is 1.73 bits per heavy atom. The van der Waals surface area contributed by atoms with Crippen molar-refractivity contribution in [3.63, 3.8) is 0 Å². The van der Waals surface area contributed by atoms with Gasteiger partial charge in [0, 0.05) is 29.1 Å². The quantitative estimate of drug-likeness (QED) is 0.491. The van der Waals surface area contributed by atoms with Crippen LogP contribution in [0.5, 0.6) is 0 Å². The Morgan fingerprint density at radius 3 is 2.67 bits per heavy atom. The zero-order chi connectivity index (χ0) is 19.9. The summed E-state index contributed by atoms with van der Waals surface area (Å²) in [4.78, 5) is 11.7. The Hall–Kier alpha value is -2.80. The van der Waals surface area contributed by atoms with E-state index in [1.165, 1.54) is 54.4 Å². The monoisotopic (exact) mass is 416 g/mol. The van der Waals surface area contributed by atoms with Crippen molar-refractivity contribution in [2.45, 2.75) is 57.9 Å². The van der Waals surface area contributed by atoms with Crippen LogP contribution in [0.3, 0.4) is 0 Å². The zero-order valence-corrected chi connectivity index (χ0v) is 17.7. The van der Waals surface area contributed by atoms with Gasteiger partial charge in [-0.1, -0.05) is 6.42 Å². The Labute approximate surface area is 179 Å². The largest absolute Gasteiger partial charge is 0.340 e. The number of thiophene rings is 1. The van der Waals surface area contributed by atoms with E-state index in [0.717, 1.165) is 52.9 Å². The molecule has 1 aliphatic carbocycles. The van der Waals surface area contributed by atoms with Gasteiger partial charge in [-0.05, 0) is 68.4 Å². The van der Waals surface area contributed by atoms with E-state index in [0.29, 0.717) is 0 Å². The zero-order valence-electron chi connectivity index (χ0n) is 16.9. The fourth-order valence-corrected chi connectivity index (χ4v) is 5.95. The summed E-state index contributed by atoms with van der Waals surface area (Å²) >= 11 is 1.83. The molecule has 0 spiro atoms. The number of hydrogen-bond donors (Lipinski definition) is 1. The van der Waals surface area contributed by atoms with Crippen LogP contribution in [-0.2, 0) is 25.8 Å². The summed E-state index contributed by atoms with van der Waals surface area (Å²) < 4.78 is 2.29. The lowest BCUT2D eigenvalue weighted by atomic mass is 9.97. The molecule has 0 unspecified atom stereocenters. The van der Waals surface area contributed by atoms with Crippen molar-refractivity contribution in [1.29, 1.82) is 0 Å². The molecule has 0 atom stereocenters. The van der Waals surface area contributed by atoms with Gasteiger partial charge in [0.05, 0.1) is 5.39 Å². The molecule has 4 heterocycles. The maximum absolute atomic E-state index is 4.58. The fourth-order valence-electron chi connectivity index (χ4n) is 4.72. The second-order valence-corrected chi connectivity index (χ2v) is 9.30. The highest BCUT2D eigenvalue weighted by Crippen LogP contribution is 2.39. The molecule has 6 nitrogen and oxygen atoms in total. The second-order valence-electron chi connectivity index (χ2n) is 8.22. The molecule has 30 heavy (non-hydrogen) atoms. The van der Waals surface area contributed by atoms with E-state index >= 15 is 0 Å². The van der Waals surface area contributed by atoms with Crippen LogP contribution in [0.4, 0.5) is 11.5 Å². The molecule has 0 amide bonds. The van der Waals surface area contributed by atoms with Crippen molar-refractivity contribution in [2.24, 2.45) is 0 Å². The molecule has 0 saturated heterocycles. The number of fused-ring (bicyclic) bond motifs is 4. The molecule has 3 aromatic heterocycles. The highest BCUT2D eigenvalue weighted by Gasteiger charge is 2.20. The maximum Gasteiger partial charge on any atom is 0.163 e. The summed E-state index contributed by atoms with van der Waals surface area (Å²) in [5.41, 5.74) is 3.60. The fraction of sp³-hybridized carbons (Fsp3) is 0.391. The number of aromatic nitrogens is 5. The van der Waals surface area contributed by atoms with E-state index < -0.39 is 0 Å². The minimum atomic E-state index is 0.920. The molecule has 6 rings (SSSR count). The Balaban J connectivity index is 1.31. The van der Waals surface area contributed by atoms with Crippen LogP contribution in [0.1, 0.15) is 48.4 Å². The van der Waals surface area contributed by atoms with Crippen molar-refractivity contribution in [1.82, 2.24) is 24.7 Å². The number of hydrogen-bond acceptors (Lipinski definition) is 6. The molecule has 1 N–H and O–H groups in total. The Kier molecular flexibility index (Phi) is 4.48. The molecular formula is C23H24N6S. The number of benzene rings is 1. The number of aryl methyl sites for hydroxylation is 3. The average Bonchev–Trinajstić information content (AvgIpc) is 3.28. The molecule has 1 aliphatic heterocycles. The van der Waals surface area contributed by atoms with E-state index in [-0.39, 0.29) is 0 Å². The lowest BCUT2D eigenvalue weighted by Crippen LogP contribution is -2.03. The standard InChI is InChI=1S/C23H24N6S/c1-2-8-19-27-28-22(29(19)13-5-1)15-9-11-16(12-10-15)26-21-20-17-6-3-4-7-18(17)30-23(20)25-14-24-21/h9-12,14H,1-8,13H2,(H,24,25,26). The topological polar surface area (TPSA) is 68.5 Å². The molecule has 1 aromatic carbocycles. The van der Waals surface area contributed by atoms with Gasteiger partial charge in [-0.3, -0.25) is 0 Å². The molecule has 4 aromatic rings. The van der Waals surface area contributed by atoms with Crippen LogP contribution in [0, 0.1) is 0 Å². The molecule has 0 bridgehead atoms. The third-order valence-electron chi connectivity index (χ3n) is 6.27. The molecule has 0 fully saturated rings. The summed E-state index contributed by atoms with van der Waals surface area (Å²) in [5, 5.41) is 13.7. The van der Waals surface area contributed by atoms with Crippen molar-refractivity contribution >= 4 is 33.1 Å². The van der Waals surface area contributed by atoms with Crippen LogP contribution in [0.15, 0.2) is 30.6 Å². The predicted molar refractivity (Wildman–Crippen MR) is 120 cm³/mol. The SMILES string of the molecule is c1nc(Nc2ccc(-c3nnc4n3CCCCC4)cc2)c2c3c(sc2n1)CCCC3. The van der Waals surface area contributed by atoms with Crippen molar-refractivity contribution in [3.05, 3.63) is 46.9 Å². The first kappa shape index (κ1) is 18.0. The molecule has 2 aliphatic rings. The van der Waals surface area contributed by atoms with Gasteiger partial charge in [-0.25, -0.2) is 9.97 Å². The third kappa shape index (κ3) is 3.08. The second kappa shape index (κ2) is 7.47. The highest BCUT2D eigenvalue weighted by atomic mass is 32.1. The minimum absolute atomic E-state index is 0.920. The van der Waals surface area contributed by atoms with E-state index in [1.54, 1.807) is 6.33 Å². The minimum Gasteiger partial charge on any atom is -0.340 e. The lowest BCUT2D eigenvalue weighted by molar-refractivity contribution is 0.636. The van der Waals surface area contributed by atoms with Gasteiger partial charge >= 0.3 is 0 Å². The normalized spacial score (nSPS) is 16.1. The van der Waals surface area contributed by atoms with Gasteiger partial charge in [-0.15, -0.1) is 21.5 Å². The van der Waals surface area contributed by atoms with Gasteiger partial charge in [0.25, 0.3) is 0 Å². The first-order valence-electron chi connectivity index (χ1n) is 10.9. The predicted octanol–water partition coefficient (Wildman–Crippen LogP) is 5.30. The molecule has 7 heteroatoms. The van der Waals surface area contributed by atoms with E-state index in [1.807, 2.05) is 11.3 Å². The first-order chi connectivity index (χ1) is 14.9. The van der Waals surface area contributed by atoms with Crippen molar-refractivity contribution in [2.75, 3.05) is 5.32 Å². The van der Waals surface area contributed by atoms with Gasteiger partial charge in [0.2, 0.25) is 0 Å². The van der Waals surface area contributed by atoms with Gasteiger partial charge in [0.15, 0.2) is 5.82 Å².